The second-order valence-electron chi connectivity index (χ2n) is 6.42. The molecule has 0 unspecified atom stereocenters. The highest BCUT2D eigenvalue weighted by Gasteiger charge is 2.32. The number of rotatable bonds is 4. The van der Waals surface area contributed by atoms with Crippen molar-refractivity contribution in [3.63, 3.8) is 0 Å². The van der Waals surface area contributed by atoms with E-state index < -0.39 is 11.7 Å². The number of halogens is 3. The van der Waals surface area contributed by atoms with E-state index in [2.05, 4.69) is 5.32 Å². The number of benzene rings is 1. The Kier molecular flexibility index (Phi) is 6.00. The van der Waals surface area contributed by atoms with Gasteiger partial charge in [0.05, 0.1) is 43.4 Å². The molecule has 6 nitrogen and oxygen atoms in total. The molecule has 0 aliphatic carbocycles. The van der Waals surface area contributed by atoms with Crippen LogP contribution in [0.1, 0.15) is 5.56 Å². The molecule has 0 radical (unpaired) electrons. The molecule has 0 aromatic heterocycles. The van der Waals surface area contributed by atoms with Crippen molar-refractivity contribution in [1.82, 2.24) is 0 Å². The molecule has 2 saturated heterocycles. The lowest BCUT2D eigenvalue weighted by atomic mass is 10.1. The van der Waals surface area contributed by atoms with E-state index in [-0.39, 0.29) is 18.1 Å². The number of morpholine rings is 2. The number of quaternary nitrogens is 1. The number of amides is 1. The molecule has 26 heavy (non-hydrogen) atoms. The van der Waals surface area contributed by atoms with E-state index in [0.717, 1.165) is 17.0 Å². The normalized spacial score (nSPS) is 19.4. The van der Waals surface area contributed by atoms with Crippen molar-refractivity contribution in [2.24, 2.45) is 0 Å². The lowest BCUT2D eigenvalue weighted by molar-refractivity contribution is -0.899. The summed E-state index contributed by atoms with van der Waals surface area (Å²) in [5, 5.41) is 2.68. The summed E-state index contributed by atoms with van der Waals surface area (Å²) in [4.78, 5) is 15.4. The molecule has 2 heterocycles. The molecule has 0 spiro atoms. The predicted octanol–water partition coefficient (Wildman–Crippen LogP) is 0.396. The Bertz CT molecular complexity index is 627. The zero-order chi connectivity index (χ0) is 18.6. The monoisotopic (exact) mass is 374 g/mol. The van der Waals surface area contributed by atoms with Gasteiger partial charge in [-0.2, -0.15) is 13.2 Å². The maximum atomic E-state index is 13.1. The van der Waals surface area contributed by atoms with Crippen molar-refractivity contribution in [3.8, 4) is 0 Å². The Labute approximate surface area is 149 Å². The predicted molar refractivity (Wildman–Crippen MR) is 89.5 cm³/mol. The van der Waals surface area contributed by atoms with Crippen LogP contribution in [0.15, 0.2) is 18.2 Å². The van der Waals surface area contributed by atoms with Crippen molar-refractivity contribution in [3.05, 3.63) is 23.8 Å². The molecule has 2 fully saturated rings. The molecule has 2 aliphatic rings. The first kappa shape index (κ1) is 18.9. The van der Waals surface area contributed by atoms with E-state index in [0.29, 0.717) is 58.3 Å². The summed E-state index contributed by atoms with van der Waals surface area (Å²) in [5.74, 6) is -0.296. The third-order valence-electron chi connectivity index (χ3n) is 4.56. The van der Waals surface area contributed by atoms with E-state index in [9.17, 15) is 18.0 Å². The maximum absolute atomic E-state index is 13.1. The van der Waals surface area contributed by atoms with Crippen molar-refractivity contribution in [2.45, 2.75) is 6.18 Å². The number of hydrogen-bond donors (Lipinski definition) is 2. The lowest BCUT2D eigenvalue weighted by Gasteiger charge is -2.31. The molecule has 1 amide bonds. The highest BCUT2D eigenvalue weighted by atomic mass is 19.4. The van der Waals surface area contributed by atoms with Gasteiger partial charge in [-0.25, -0.2) is 0 Å². The standard InChI is InChI=1S/C17H22F3N3O3/c18-17(19,20)13-1-2-15(23-5-9-26-10-6-23)14(11-13)21-16(24)12-22-3-7-25-8-4-22/h1-2,11H,3-10,12H2,(H,21,24)/p+1. The van der Waals surface area contributed by atoms with Crippen LogP contribution >= 0.6 is 0 Å². The van der Waals surface area contributed by atoms with E-state index >= 15 is 0 Å². The van der Waals surface area contributed by atoms with Crippen molar-refractivity contribution in [1.29, 1.82) is 0 Å². The minimum absolute atomic E-state index is 0.194. The minimum Gasteiger partial charge on any atom is -0.378 e. The van der Waals surface area contributed by atoms with Crippen LogP contribution in [0.4, 0.5) is 24.5 Å². The van der Waals surface area contributed by atoms with Crippen LogP contribution in [0.25, 0.3) is 0 Å². The lowest BCUT2D eigenvalue weighted by Crippen LogP contribution is -3.15. The average Bonchev–Trinajstić information content (AvgIpc) is 2.62. The SMILES string of the molecule is O=C(C[NH+]1CCOCC1)Nc1cc(C(F)(F)F)ccc1N1CCOCC1. The van der Waals surface area contributed by atoms with Crippen LogP contribution in [0.3, 0.4) is 0 Å². The van der Waals surface area contributed by atoms with Gasteiger partial charge in [0.2, 0.25) is 0 Å². The van der Waals surface area contributed by atoms with Gasteiger partial charge in [0.1, 0.15) is 13.1 Å². The molecule has 0 bridgehead atoms. The van der Waals surface area contributed by atoms with Gasteiger partial charge in [0.25, 0.3) is 5.91 Å². The first-order valence-corrected chi connectivity index (χ1v) is 8.68. The third-order valence-corrected chi connectivity index (χ3v) is 4.56. The topological polar surface area (TPSA) is 55.2 Å². The van der Waals surface area contributed by atoms with Gasteiger partial charge in [-0.3, -0.25) is 4.79 Å². The van der Waals surface area contributed by atoms with Crippen molar-refractivity contribution in [2.75, 3.05) is 69.4 Å². The van der Waals surface area contributed by atoms with Crippen LogP contribution in [0, 0.1) is 0 Å². The quantitative estimate of drug-likeness (QED) is 0.801. The number of anilines is 2. The summed E-state index contributed by atoms with van der Waals surface area (Å²) in [6.45, 7) is 4.97. The molecule has 144 valence electrons. The number of nitrogens with zero attached hydrogens (tertiary/aromatic N) is 1. The number of alkyl halides is 3. The van der Waals surface area contributed by atoms with Gasteiger partial charge in [-0.15, -0.1) is 0 Å². The molecule has 1 aromatic carbocycles. The molecule has 1 aromatic rings. The number of carbonyl (C=O) groups excluding carboxylic acids is 1. The van der Waals surface area contributed by atoms with Gasteiger partial charge in [0, 0.05) is 13.1 Å². The first-order valence-electron chi connectivity index (χ1n) is 8.68. The fourth-order valence-corrected chi connectivity index (χ4v) is 3.15. The highest BCUT2D eigenvalue weighted by molar-refractivity contribution is 5.95. The number of ether oxygens (including phenoxy) is 2. The Hall–Kier alpha value is -1.84. The largest absolute Gasteiger partial charge is 0.416 e. The fourth-order valence-electron chi connectivity index (χ4n) is 3.15. The molecular weight excluding hydrogens is 351 g/mol. The smallest absolute Gasteiger partial charge is 0.378 e. The molecule has 3 rings (SSSR count). The maximum Gasteiger partial charge on any atom is 0.416 e. The van der Waals surface area contributed by atoms with Crippen LogP contribution in [0.5, 0.6) is 0 Å². The van der Waals surface area contributed by atoms with E-state index in [1.807, 2.05) is 4.90 Å². The first-order chi connectivity index (χ1) is 12.4. The highest BCUT2D eigenvalue weighted by Crippen LogP contribution is 2.35. The van der Waals surface area contributed by atoms with Gasteiger partial charge >= 0.3 is 6.18 Å². The molecule has 2 N–H and O–H groups in total. The summed E-state index contributed by atoms with van der Waals surface area (Å²) in [5.41, 5.74) is 0.00883. The van der Waals surface area contributed by atoms with Crippen molar-refractivity contribution < 1.29 is 32.3 Å². The van der Waals surface area contributed by atoms with Crippen LogP contribution in [-0.4, -0.2) is 65.1 Å². The van der Waals surface area contributed by atoms with Crippen LogP contribution in [0.2, 0.25) is 0 Å². The summed E-state index contributed by atoms with van der Waals surface area (Å²) < 4.78 is 49.8. The summed E-state index contributed by atoms with van der Waals surface area (Å²) in [6, 6.07) is 3.48. The molecule has 0 saturated carbocycles. The molecular formula is C17H23F3N3O3+. The second-order valence-corrected chi connectivity index (χ2v) is 6.42. The number of nitrogens with one attached hydrogen (secondary N) is 2. The average molecular weight is 374 g/mol. The molecule has 2 aliphatic heterocycles. The summed E-state index contributed by atoms with van der Waals surface area (Å²) >= 11 is 0. The fraction of sp³-hybridized carbons (Fsp3) is 0.588. The summed E-state index contributed by atoms with van der Waals surface area (Å²) in [6.07, 6.45) is -4.46. The van der Waals surface area contributed by atoms with Crippen LogP contribution in [-0.2, 0) is 20.4 Å². The Morgan fingerprint density at radius 2 is 1.77 bits per heavy atom. The molecule has 9 heteroatoms. The van der Waals surface area contributed by atoms with Gasteiger partial charge in [-0.1, -0.05) is 0 Å². The number of hydrogen-bond acceptors (Lipinski definition) is 4. The van der Waals surface area contributed by atoms with E-state index in [1.54, 1.807) is 0 Å². The Balaban J connectivity index is 1.78. The van der Waals surface area contributed by atoms with E-state index in [1.165, 1.54) is 6.07 Å². The summed E-state index contributed by atoms with van der Waals surface area (Å²) in [7, 11) is 0. The van der Waals surface area contributed by atoms with Gasteiger partial charge in [-0.05, 0) is 18.2 Å². The zero-order valence-electron chi connectivity index (χ0n) is 14.4. The van der Waals surface area contributed by atoms with Gasteiger partial charge < -0.3 is 24.6 Å². The van der Waals surface area contributed by atoms with Gasteiger partial charge in [0.15, 0.2) is 6.54 Å². The zero-order valence-corrected chi connectivity index (χ0v) is 14.4. The molecule has 0 atom stereocenters. The second kappa shape index (κ2) is 8.24. The Morgan fingerprint density at radius 1 is 1.12 bits per heavy atom. The van der Waals surface area contributed by atoms with Crippen molar-refractivity contribution >= 4 is 17.3 Å². The minimum atomic E-state index is -4.46. The Morgan fingerprint density at radius 3 is 2.42 bits per heavy atom. The third kappa shape index (κ3) is 4.87. The number of carbonyl (C=O) groups is 1. The van der Waals surface area contributed by atoms with Crippen LogP contribution < -0.4 is 15.1 Å². The van der Waals surface area contributed by atoms with E-state index in [4.69, 9.17) is 9.47 Å².